The summed E-state index contributed by atoms with van der Waals surface area (Å²) in [4.78, 5) is 8.89. The van der Waals surface area contributed by atoms with Crippen molar-refractivity contribution in [3.63, 3.8) is 0 Å². The van der Waals surface area contributed by atoms with Crippen molar-refractivity contribution in [2.24, 2.45) is 7.05 Å². The summed E-state index contributed by atoms with van der Waals surface area (Å²) in [5.74, 6) is 1.34. The van der Waals surface area contributed by atoms with E-state index in [2.05, 4.69) is 23.8 Å². The fraction of sp³-hybridized carbons (Fsp3) is 0.500. The minimum atomic E-state index is -0.514. The van der Waals surface area contributed by atoms with Gasteiger partial charge in [-0.2, -0.15) is 0 Å². The Morgan fingerprint density at radius 1 is 1.31 bits per heavy atom. The molecule has 2 heterocycles. The third kappa shape index (κ3) is 1.59. The van der Waals surface area contributed by atoms with Crippen molar-refractivity contribution >= 4 is 11.2 Å². The molecule has 4 nitrogen and oxygen atoms in total. The molecule has 86 valence electrons. The Morgan fingerprint density at radius 2 is 2.00 bits per heavy atom. The molecule has 0 radical (unpaired) electrons. The molecule has 0 saturated heterocycles. The van der Waals surface area contributed by atoms with Crippen molar-refractivity contribution in [3.8, 4) is 0 Å². The molecule has 0 aliphatic heterocycles. The van der Waals surface area contributed by atoms with Gasteiger partial charge in [0.25, 0.3) is 0 Å². The highest BCUT2D eigenvalue weighted by Crippen LogP contribution is 2.24. The fourth-order valence-electron chi connectivity index (χ4n) is 1.97. The van der Waals surface area contributed by atoms with Crippen LogP contribution in [-0.4, -0.2) is 19.6 Å². The van der Waals surface area contributed by atoms with Gasteiger partial charge in [0.1, 0.15) is 11.3 Å². The lowest BCUT2D eigenvalue weighted by Crippen LogP contribution is -2.00. The van der Waals surface area contributed by atoms with Crippen molar-refractivity contribution in [2.75, 3.05) is 0 Å². The van der Waals surface area contributed by atoms with Crippen LogP contribution in [0.15, 0.2) is 12.3 Å². The molecule has 2 aromatic rings. The Morgan fingerprint density at radius 3 is 2.56 bits per heavy atom. The van der Waals surface area contributed by atoms with Crippen molar-refractivity contribution in [1.29, 1.82) is 0 Å². The second-order valence-corrected chi connectivity index (χ2v) is 4.43. The lowest BCUT2D eigenvalue weighted by molar-refractivity contribution is 0.200. The van der Waals surface area contributed by atoms with Crippen LogP contribution >= 0.6 is 0 Å². The molecule has 1 atom stereocenters. The summed E-state index contributed by atoms with van der Waals surface area (Å²) in [5, 5.41) is 9.68. The Kier molecular flexibility index (Phi) is 2.68. The van der Waals surface area contributed by atoms with Crippen LogP contribution < -0.4 is 0 Å². The third-order valence-corrected chi connectivity index (χ3v) is 2.79. The molecule has 1 N–H and O–H groups in total. The molecule has 16 heavy (non-hydrogen) atoms. The minimum absolute atomic E-state index is 0.348. The standard InChI is InChI=1S/C12H17N3O/c1-7(2)11-14-10-9(8(3)16)5-6-13-12(10)15(11)4/h5-8,16H,1-4H3. The summed E-state index contributed by atoms with van der Waals surface area (Å²) in [7, 11) is 1.96. The van der Waals surface area contributed by atoms with E-state index in [1.165, 1.54) is 0 Å². The van der Waals surface area contributed by atoms with E-state index in [0.717, 1.165) is 22.6 Å². The minimum Gasteiger partial charge on any atom is -0.389 e. The number of fused-ring (bicyclic) bond motifs is 1. The summed E-state index contributed by atoms with van der Waals surface area (Å²) < 4.78 is 1.99. The summed E-state index contributed by atoms with van der Waals surface area (Å²) in [5.41, 5.74) is 2.48. The maximum absolute atomic E-state index is 9.68. The van der Waals surface area contributed by atoms with Gasteiger partial charge in [-0.15, -0.1) is 0 Å². The van der Waals surface area contributed by atoms with Gasteiger partial charge in [0.05, 0.1) is 6.10 Å². The fourth-order valence-corrected chi connectivity index (χ4v) is 1.97. The van der Waals surface area contributed by atoms with E-state index in [0.29, 0.717) is 5.92 Å². The summed E-state index contributed by atoms with van der Waals surface area (Å²) in [6.07, 6.45) is 1.20. The van der Waals surface area contributed by atoms with Crippen molar-refractivity contribution in [3.05, 3.63) is 23.7 Å². The molecule has 0 fully saturated rings. The molecule has 0 amide bonds. The molecule has 0 spiro atoms. The normalized spacial score (nSPS) is 13.6. The van der Waals surface area contributed by atoms with Gasteiger partial charge < -0.3 is 9.67 Å². The van der Waals surface area contributed by atoms with Gasteiger partial charge in [0, 0.05) is 24.7 Å². The van der Waals surface area contributed by atoms with Gasteiger partial charge in [-0.05, 0) is 13.0 Å². The van der Waals surface area contributed by atoms with E-state index >= 15 is 0 Å². The highest BCUT2D eigenvalue weighted by molar-refractivity contribution is 5.76. The molecule has 2 rings (SSSR count). The largest absolute Gasteiger partial charge is 0.389 e. The van der Waals surface area contributed by atoms with E-state index in [4.69, 9.17) is 0 Å². The van der Waals surface area contributed by atoms with Crippen LogP contribution in [-0.2, 0) is 7.05 Å². The topological polar surface area (TPSA) is 50.9 Å². The average Bonchev–Trinajstić information content (AvgIpc) is 2.56. The van der Waals surface area contributed by atoms with Gasteiger partial charge in [-0.1, -0.05) is 13.8 Å². The number of nitrogens with zero attached hydrogens (tertiary/aromatic N) is 3. The van der Waals surface area contributed by atoms with E-state index in [1.807, 2.05) is 17.7 Å². The molecule has 2 aromatic heterocycles. The molecule has 1 unspecified atom stereocenters. The van der Waals surface area contributed by atoms with Crippen molar-refractivity contribution in [2.45, 2.75) is 32.8 Å². The van der Waals surface area contributed by atoms with Gasteiger partial charge in [-0.3, -0.25) is 0 Å². The highest BCUT2D eigenvalue weighted by Gasteiger charge is 2.16. The first-order chi connectivity index (χ1) is 7.52. The quantitative estimate of drug-likeness (QED) is 0.842. The van der Waals surface area contributed by atoms with E-state index in [-0.39, 0.29) is 0 Å². The second-order valence-electron chi connectivity index (χ2n) is 4.43. The van der Waals surface area contributed by atoms with Gasteiger partial charge in [0.2, 0.25) is 0 Å². The van der Waals surface area contributed by atoms with Crippen LogP contribution in [0.1, 0.15) is 44.2 Å². The molecule has 0 bridgehead atoms. The Hall–Kier alpha value is -1.42. The van der Waals surface area contributed by atoms with E-state index in [1.54, 1.807) is 13.1 Å². The molecule has 0 aliphatic rings. The number of aliphatic hydroxyl groups is 1. The number of hydrogen-bond donors (Lipinski definition) is 1. The summed E-state index contributed by atoms with van der Waals surface area (Å²) in [6, 6.07) is 1.82. The van der Waals surface area contributed by atoms with E-state index < -0.39 is 6.10 Å². The van der Waals surface area contributed by atoms with Crippen LogP contribution in [0.5, 0.6) is 0 Å². The zero-order valence-electron chi connectivity index (χ0n) is 10.1. The number of aromatic nitrogens is 3. The number of aliphatic hydroxyl groups excluding tert-OH is 1. The van der Waals surface area contributed by atoms with Crippen LogP contribution in [0.2, 0.25) is 0 Å². The van der Waals surface area contributed by atoms with Gasteiger partial charge in [-0.25, -0.2) is 9.97 Å². The molecule has 0 saturated carbocycles. The van der Waals surface area contributed by atoms with Crippen LogP contribution in [0.3, 0.4) is 0 Å². The molecule has 4 heteroatoms. The molecule has 0 aromatic carbocycles. The van der Waals surface area contributed by atoms with Crippen molar-refractivity contribution < 1.29 is 5.11 Å². The zero-order chi connectivity index (χ0) is 11.9. The first kappa shape index (κ1) is 11.1. The number of imidazole rings is 1. The van der Waals surface area contributed by atoms with Crippen LogP contribution in [0.4, 0.5) is 0 Å². The monoisotopic (exact) mass is 219 g/mol. The first-order valence-electron chi connectivity index (χ1n) is 5.51. The SMILES string of the molecule is CC(C)c1nc2c(C(C)O)ccnc2n1C. The summed E-state index contributed by atoms with van der Waals surface area (Å²) >= 11 is 0. The predicted octanol–water partition coefficient (Wildman–Crippen LogP) is 2.15. The Labute approximate surface area is 95.0 Å². The number of rotatable bonds is 2. The van der Waals surface area contributed by atoms with Gasteiger partial charge in [0.15, 0.2) is 5.65 Å². The predicted molar refractivity (Wildman–Crippen MR) is 63.2 cm³/mol. The smallest absolute Gasteiger partial charge is 0.160 e. The van der Waals surface area contributed by atoms with Gasteiger partial charge >= 0.3 is 0 Å². The second kappa shape index (κ2) is 3.87. The number of hydrogen-bond acceptors (Lipinski definition) is 3. The van der Waals surface area contributed by atoms with Crippen molar-refractivity contribution in [1.82, 2.24) is 14.5 Å². The summed E-state index contributed by atoms with van der Waals surface area (Å²) in [6.45, 7) is 5.95. The lowest BCUT2D eigenvalue weighted by Gasteiger charge is -2.04. The highest BCUT2D eigenvalue weighted by atomic mass is 16.3. The Bertz CT molecular complexity index is 514. The zero-order valence-corrected chi connectivity index (χ0v) is 10.1. The maximum atomic E-state index is 9.68. The third-order valence-electron chi connectivity index (χ3n) is 2.79. The van der Waals surface area contributed by atoms with E-state index in [9.17, 15) is 5.11 Å². The molecular weight excluding hydrogens is 202 g/mol. The molecular formula is C12H17N3O. The first-order valence-corrected chi connectivity index (χ1v) is 5.51. The Balaban J connectivity index is 2.75. The number of pyridine rings is 1. The average molecular weight is 219 g/mol. The maximum Gasteiger partial charge on any atom is 0.160 e. The van der Waals surface area contributed by atoms with Crippen LogP contribution in [0, 0.1) is 0 Å². The molecule has 0 aliphatic carbocycles. The lowest BCUT2D eigenvalue weighted by atomic mass is 10.1. The number of aryl methyl sites for hydroxylation is 1. The van der Waals surface area contributed by atoms with Crippen LogP contribution in [0.25, 0.3) is 11.2 Å².